The summed E-state index contributed by atoms with van der Waals surface area (Å²) in [6.07, 6.45) is 0.634. The summed E-state index contributed by atoms with van der Waals surface area (Å²) in [6.45, 7) is 0. The van der Waals surface area contributed by atoms with Crippen molar-refractivity contribution in [3.63, 3.8) is 0 Å². The SMILES string of the molecule is Oc1cccc(-c2noc(Cc3ccsc3)n2)c1. The molecule has 4 nitrogen and oxygen atoms in total. The second-order valence-corrected chi connectivity index (χ2v) is 4.65. The number of phenols is 1. The Balaban J connectivity index is 1.85. The van der Waals surface area contributed by atoms with Gasteiger partial charge >= 0.3 is 0 Å². The topological polar surface area (TPSA) is 59.2 Å². The van der Waals surface area contributed by atoms with E-state index >= 15 is 0 Å². The lowest BCUT2D eigenvalue weighted by molar-refractivity contribution is 0.386. The Morgan fingerprint density at radius 1 is 1.28 bits per heavy atom. The molecule has 0 amide bonds. The molecule has 1 aromatic carbocycles. The maximum atomic E-state index is 9.40. The smallest absolute Gasteiger partial charge is 0.231 e. The summed E-state index contributed by atoms with van der Waals surface area (Å²) in [6, 6.07) is 8.83. The van der Waals surface area contributed by atoms with Crippen molar-refractivity contribution in [1.29, 1.82) is 0 Å². The minimum Gasteiger partial charge on any atom is -0.508 e. The number of hydrogen-bond acceptors (Lipinski definition) is 5. The first kappa shape index (κ1) is 11.0. The van der Waals surface area contributed by atoms with Crippen LogP contribution in [0, 0.1) is 0 Å². The zero-order valence-corrected chi connectivity index (χ0v) is 10.2. The van der Waals surface area contributed by atoms with Crippen LogP contribution in [-0.2, 0) is 6.42 Å². The number of rotatable bonds is 3. The third kappa shape index (κ3) is 2.26. The van der Waals surface area contributed by atoms with Crippen LogP contribution >= 0.6 is 11.3 Å². The highest BCUT2D eigenvalue weighted by atomic mass is 32.1. The highest BCUT2D eigenvalue weighted by Gasteiger charge is 2.09. The van der Waals surface area contributed by atoms with E-state index in [0.29, 0.717) is 18.1 Å². The molecule has 0 aliphatic heterocycles. The maximum absolute atomic E-state index is 9.40. The monoisotopic (exact) mass is 258 g/mol. The third-order valence-electron chi connectivity index (χ3n) is 2.51. The van der Waals surface area contributed by atoms with Crippen LogP contribution in [0.2, 0.25) is 0 Å². The second-order valence-electron chi connectivity index (χ2n) is 3.87. The van der Waals surface area contributed by atoms with Crippen molar-refractivity contribution in [2.24, 2.45) is 0 Å². The van der Waals surface area contributed by atoms with Crippen LogP contribution < -0.4 is 0 Å². The summed E-state index contributed by atoms with van der Waals surface area (Å²) < 4.78 is 5.19. The Kier molecular flexibility index (Phi) is 2.82. The number of phenolic OH excluding ortho intramolecular Hbond substituents is 1. The van der Waals surface area contributed by atoms with Gasteiger partial charge in [-0.25, -0.2) is 0 Å². The van der Waals surface area contributed by atoms with Gasteiger partial charge in [-0.2, -0.15) is 16.3 Å². The highest BCUT2D eigenvalue weighted by Crippen LogP contribution is 2.21. The summed E-state index contributed by atoms with van der Waals surface area (Å²) in [5.41, 5.74) is 1.90. The minimum absolute atomic E-state index is 0.191. The molecule has 0 atom stereocenters. The van der Waals surface area contributed by atoms with Crippen molar-refractivity contribution in [3.05, 3.63) is 52.5 Å². The minimum atomic E-state index is 0.191. The van der Waals surface area contributed by atoms with Crippen LogP contribution in [0.25, 0.3) is 11.4 Å². The predicted octanol–water partition coefficient (Wildman–Crippen LogP) is 3.09. The predicted molar refractivity (Wildman–Crippen MR) is 68.5 cm³/mol. The van der Waals surface area contributed by atoms with Gasteiger partial charge in [0.25, 0.3) is 0 Å². The maximum Gasteiger partial charge on any atom is 0.231 e. The Bertz CT molecular complexity index is 647. The van der Waals surface area contributed by atoms with E-state index in [-0.39, 0.29) is 5.75 Å². The molecule has 0 saturated heterocycles. The molecule has 3 aromatic rings. The Hall–Kier alpha value is -2.14. The lowest BCUT2D eigenvalue weighted by atomic mass is 10.2. The van der Waals surface area contributed by atoms with Crippen LogP contribution in [0.15, 0.2) is 45.6 Å². The van der Waals surface area contributed by atoms with Crippen molar-refractivity contribution in [2.75, 3.05) is 0 Å². The summed E-state index contributed by atoms with van der Waals surface area (Å²) in [5, 5.41) is 17.4. The van der Waals surface area contributed by atoms with Gasteiger partial charge in [0, 0.05) is 5.56 Å². The summed E-state index contributed by atoms with van der Waals surface area (Å²) in [4.78, 5) is 4.31. The van der Waals surface area contributed by atoms with Crippen molar-refractivity contribution in [1.82, 2.24) is 10.1 Å². The van der Waals surface area contributed by atoms with Gasteiger partial charge in [0.15, 0.2) is 0 Å². The van der Waals surface area contributed by atoms with Gasteiger partial charge in [0.2, 0.25) is 11.7 Å². The van der Waals surface area contributed by atoms with Crippen LogP contribution in [0.1, 0.15) is 11.5 Å². The van der Waals surface area contributed by atoms with Crippen LogP contribution in [-0.4, -0.2) is 15.2 Å². The lowest BCUT2D eigenvalue weighted by Crippen LogP contribution is -1.86. The summed E-state index contributed by atoms with van der Waals surface area (Å²) in [5.74, 6) is 1.26. The van der Waals surface area contributed by atoms with Crippen LogP contribution in [0.3, 0.4) is 0 Å². The fraction of sp³-hybridized carbons (Fsp3) is 0.0769. The molecule has 0 spiro atoms. The number of thiophene rings is 1. The highest BCUT2D eigenvalue weighted by molar-refractivity contribution is 7.07. The van der Waals surface area contributed by atoms with Crippen molar-refractivity contribution in [2.45, 2.75) is 6.42 Å². The number of aromatic nitrogens is 2. The third-order valence-corrected chi connectivity index (χ3v) is 3.24. The molecular formula is C13H10N2O2S. The molecule has 90 valence electrons. The molecule has 0 radical (unpaired) electrons. The molecular weight excluding hydrogens is 248 g/mol. The second kappa shape index (κ2) is 4.62. The molecule has 2 aromatic heterocycles. The standard InChI is InChI=1S/C13H10N2O2S/c16-11-3-1-2-10(7-11)13-14-12(17-15-13)6-9-4-5-18-8-9/h1-5,7-8,16H,6H2. The zero-order chi connectivity index (χ0) is 12.4. The lowest BCUT2D eigenvalue weighted by Gasteiger charge is -1.94. The first-order valence-electron chi connectivity index (χ1n) is 5.44. The molecule has 1 N–H and O–H groups in total. The summed E-state index contributed by atoms with van der Waals surface area (Å²) in [7, 11) is 0. The van der Waals surface area contributed by atoms with Crippen molar-refractivity contribution < 1.29 is 9.63 Å². The molecule has 0 fully saturated rings. The zero-order valence-electron chi connectivity index (χ0n) is 9.41. The van der Waals surface area contributed by atoms with E-state index in [1.807, 2.05) is 17.5 Å². The molecule has 0 unspecified atom stereocenters. The molecule has 0 saturated carbocycles. The van der Waals surface area contributed by atoms with Crippen molar-refractivity contribution in [3.8, 4) is 17.1 Å². The molecule has 0 aliphatic carbocycles. The van der Waals surface area contributed by atoms with E-state index < -0.39 is 0 Å². The van der Waals surface area contributed by atoms with E-state index in [1.54, 1.807) is 29.5 Å². The Morgan fingerprint density at radius 2 is 2.22 bits per heavy atom. The average molecular weight is 258 g/mol. The van der Waals surface area contributed by atoms with E-state index in [4.69, 9.17) is 4.52 Å². The molecule has 5 heteroatoms. The number of hydrogen-bond donors (Lipinski definition) is 1. The first-order chi connectivity index (χ1) is 8.81. The quantitative estimate of drug-likeness (QED) is 0.784. The molecule has 2 heterocycles. The van der Waals surface area contributed by atoms with Gasteiger partial charge in [-0.05, 0) is 34.5 Å². The van der Waals surface area contributed by atoms with Gasteiger partial charge in [-0.3, -0.25) is 0 Å². The van der Waals surface area contributed by atoms with Gasteiger partial charge in [-0.1, -0.05) is 17.3 Å². The molecule has 0 bridgehead atoms. The van der Waals surface area contributed by atoms with Gasteiger partial charge in [0.1, 0.15) is 5.75 Å². The van der Waals surface area contributed by atoms with E-state index in [0.717, 1.165) is 11.1 Å². The van der Waals surface area contributed by atoms with Gasteiger partial charge in [-0.15, -0.1) is 0 Å². The summed E-state index contributed by atoms with van der Waals surface area (Å²) >= 11 is 1.64. The largest absolute Gasteiger partial charge is 0.508 e. The number of aromatic hydroxyl groups is 1. The van der Waals surface area contributed by atoms with E-state index in [1.165, 1.54) is 0 Å². The van der Waals surface area contributed by atoms with Crippen LogP contribution in [0.4, 0.5) is 0 Å². The fourth-order valence-corrected chi connectivity index (χ4v) is 2.33. The van der Waals surface area contributed by atoms with E-state index in [9.17, 15) is 5.11 Å². The molecule has 0 aliphatic rings. The van der Waals surface area contributed by atoms with E-state index in [2.05, 4.69) is 15.5 Å². The van der Waals surface area contributed by atoms with Crippen molar-refractivity contribution >= 4 is 11.3 Å². The van der Waals surface area contributed by atoms with Gasteiger partial charge in [0.05, 0.1) is 6.42 Å². The first-order valence-corrected chi connectivity index (χ1v) is 6.38. The number of benzene rings is 1. The van der Waals surface area contributed by atoms with Crippen LogP contribution in [0.5, 0.6) is 5.75 Å². The molecule has 18 heavy (non-hydrogen) atoms. The number of nitrogens with zero attached hydrogens (tertiary/aromatic N) is 2. The molecule has 3 rings (SSSR count). The normalized spacial score (nSPS) is 10.7. The fourth-order valence-electron chi connectivity index (χ4n) is 1.66. The Labute approximate surface area is 108 Å². The average Bonchev–Trinajstić information content (AvgIpc) is 3.01. The van der Waals surface area contributed by atoms with Gasteiger partial charge < -0.3 is 9.63 Å². The Morgan fingerprint density at radius 3 is 3.00 bits per heavy atom.